The van der Waals surface area contributed by atoms with Crippen LogP contribution in [0, 0.1) is 5.92 Å². The number of rotatable bonds is 7. The molecule has 4 rings (SSSR count). The van der Waals surface area contributed by atoms with Crippen LogP contribution in [0.2, 0.25) is 0 Å². The zero-order valence-corrected chi connectivity index (χ0v) is 17.8. The number of nitrogens with zero attached hydrogens (tertiary/aromatic N) is 4. The van der Waals surface area contributed by atoms with Crippen LogP contribution in [0.4, 0.5) is 0 Å². The van der Waals surface area contributed by atoms with E-state index in [1.165, 1.54) is 0 Å². The number of hydrogen-bond acceptors (Lipinski definition) is 3. The SMILES string of the molecule is CCCn1c(=O)n(Cc2nc(=O)c3ccccc3n2CCC(C)C)c2ccccc21. The topological polar surface area (TPSA) is 61.8 Å². The maximum absolute atomic E-state index is 13.2. The molecule has 0 radical (unpaired) electrons. The first-order valence-electron chi connectivity index (χ1n) is 10.7. The van der Waals surface area contributed by atoms with E-state index in [9.17, 15) is 9.59 Å². The van der Waals surface area contributed by atoms with Gasteiger partial charge in [-0.25, -0.2) is 4.79 Å². The van der Waals surface area contributed by atoms with Crippen LogP contribution in [0.3, 0.4) is 0 Å². The Hall–Kier alpha value is -3.15. The Morgan fingerprint density at radius 3 is 2.13 bits per heavy atom. The highest BCUT2D eigenvalue weighted by molar-refractivity contribution is 5.78. The minimum atomic E-state index is -0.244. The molecule has 6 heteroatoms. The summed E-state index contributed by atoms with van der Waals surface area (Å²) >= 11 is 0. The largest absolute Gasteiger partial charge is 0.329 e. The van der Waals surface area contributed by atoms with Crippen molar-refractivity contribution >= 4 is 21.9 Å². The highest BCUT2D eigenvalue weighted by Gasteiger charge is 2.17. The van der Waals surface area contributed by atoms with Crippen LogP contribution in [0.25, 0.3) is 21.9 Å². The minimum Gasteiger partial charge on any atom is -0.327 e. The van der Waals surface area contributed by atoms with Gasteiger partial charge in [-0.2, -0.15) is 4.98 Å². The molecule has 4 aromatic rings. The lowest BCUT2D eigenvalue weighted by atomic mass is 10.1. The first-order valence-corrected chi connectivity index (χ1v) is 10.7. The number of para-hydroxylation sites is 3. The quantitative estimate of drug-likeness (QED) is 0.467. The first-order chi connectivity index (χ1) is 14.5. The number of aryl methyl sites for hydroxylation is 2. The van der Waals surface area contributed by atoms with E-state index in [2.05, 4.69) is 30.3 Å². The summed E-state index contributed by atoms with van der Waals surface area (Å²) in [6.45, 7) is 8.11. The molecular weight excluding hydrogens is 376 g/mol. The first kappa shape index (κ1) is 20.1. The Balaban J connectivity index is 1.91. The van der Waals surface area contributed by atoms with E-state index in [0.717, 1.165) is 35.9 Å². The molecule has 0 atom stereocenters. The van der Waals surface area contributed by atoms with Gasteiger partial charge in [-0.15, -0.1) is 0 Å². The van der Waals surface area contributed by atoms with Gasteiger partial charge in [0.25, 0.3) is 5.56 Å². The van der Waals surface area contributed by atoms with Crippen LogP contribution >= 0.6 is 0 Å². The zero-order chi connectivity index (χ0) is 21.3. The molecule has 2 aromatic carbocycles. The number of aromatic nitrogens is 4. The van der Waals surface area contributed by atoms with Crippen molar-refractivity contribution in [3.05, 3.63) is 75.2 Å². The van der Waals surface area contributed by atoms with Crippen LogP contribution in [-0.4, -0.2) is 18.7 Å². The van der Waals surface area contributed by atoms with Gasteiger partial charge in [0.2, 0.25) is 0 Å². The van der Waals surface area contributed by atoms with E-state index in [-0.39, 0.29) is 17.8 Å². The molecule has 0 aliphatic rings. The van der Waals surface area contributed by atoms with Gasteiger partial charge in [0.05, 0.1) is 28.5 Å². The summed E-state index contributed by atoms with van der Waals surface area (Å²) in [6.07, 6.45) is 1.84. The lowest BCUT2D eigenvalue weighted by Gasteiger charge is -2.17. The highest BCUT2D eigenvalue weighted by atomic mass is 16.2. The van der Waals surface area contributed by atoms with Crippen molar-refractivity contribution in [2.75, 3.05) is 0 Å². The average Bonchev–Trinajstić information content (AvgIpc) is 3.00. The fourth-order valence-electron chi connectivity index (χ4n) is 4.03. The molecule has 0 unspecified atom stereocenters. The molecule has 0 bridgehead atoms. The second kappa shape index (κ2) is 8.30. The molecule has 6 nitrogen and oxygen atoms in total. The summed E-state index contributed by atoms with van der Waals surface area (Å²) < 4.78 is 5.66. The molecule has 0 N–H and O–H groups in total. The summed E-state index contributed by atoms with van der Waals surface area (Å²) in [5.41, 5.74) is 2.36. The van der Waals surface area contributed by atoms with Gasteiger partial charge < -0.3 is 4.57 Å². The van der Waals surface area contributed by atoms with Crippen molar-refractivity contribution < 1.29 is 0 Å². The Morgan fingerprint density at radius 1 is 0.833 bits per heavy atom. The molecule has 0 fully saturated rings. The summed E-state index contributed by atoms with van der Waals surface area (Å²) in [5.74, 6) is 1.14. The Labute approximate surface area is 175 Å². The van der Waals surface area contributed by atoms with E-state index >= 15 is 0 Å². The summed E-state index contributed by atoms with van der Waals surface area (Å²) in [4.78, 5) is 30.4. The van der Waals surface area contributed by atoms with E-state index in [4.69, 9.17) is 0 Å². The van der Waals surface area contributed by atoms with Crippen molar-refractivity contribution in [1.29, 1.82) is 0 Å². The van der Waals surface area contributed by atoms with Gasteiger partial charge in [0.15, 0.2) is 0 Å². The number of benzene rings is 2. The number of imidazole rings is 1. The molecule has 0 aliphatic heterocycles. The normalized spacial score (nSPS) is 11.7. The monoisotopic (exact) mass is 404 g/mol. The van der Waals surface area contributed by atoms with Crippen molar-refractivity contribution in [2.24, 2.45) is 5.92 Å². The van der Waals surface area contributed by atoms with Crippen LogP contribution in [0.5, 0.6) is 0 Å². The maximum atomic E-state index is 13.2. The fourth-order valence-corrected chi connectivity index (χ4v) is 4.03. The molecule has 2 heterocycles. The lowest BCUT2D eigenvalue weighted by molar-refractivity contribution is 0.500. The molecule has 30 heavy (non-hydrogen) atoms. The lowest BCUT2D eigenvalue weighted by Crippen LogP contribution is -2.28. The van der Waals surface area contributed by atoms with E-state index in [1.807, 2.05) is 53.1 Å². The standard InChI is InChI=1S/C24H28N4O2/c1-4-14-27-20-11-7-8-12-21(20)28(24(27)30)16-22-25-23(29)18-9-5-6-10-19(18)26(22)15-13-17(2)3/h5-12,17H,4,13-16H2,1-3H3. The van der Waals surface area contributed by atoms with Crippen molar-refractivity contribution in [3.8, 4) is 0 Å². The van der Waals surface area contributed by atoms with E-state index in [0.29, 0.717) is 23.7 Å². The van der Waals surface area contributed by atoms with Crippen molar-refractivity contribution in [3.63, 3.8) is 0 Å². The smallest absolute Gasteiger partial charge is 0.327 e. The van der Waals surface area contributed by atoms with Gasteiger partial charge in [-0.3, -0.25) is 13.9 Å². The minimum absolute atomic E-state index is 0.0594. The summed E-state index contributed by atoms with van der Waals surface area (Å²) in [6, 6.07) is 15.4. The molecule has 0 aliphatic carbocycles. The highest BCUT2D eigenvalue weighted by Crippen LogP contribution is 2.18. The number of hydrogen-bond donors (Lipinski definition) is 0. The van der Waals surface area contributed by atoms with Gasteiger partial charge >= 0.3 is 5.69 Å². The van der Waals surface area contributed by atoms with Crippen LogP contribution in [0.15, 0.2) is 58.1 Å². The molecule has 2 aromatic heterocycles. The zero-order valence-electron chi connectivity index (χ0n) is 17.8. The molecule has 0 saturated carbocycles. The average molecular weight is 405 g/mol. The molecular formula is C24H28N4O2. The summed E-state index contributed by atoms with van der Waals surface area (Å²) in [5, 5.41) is 0.616. The predicted molar refractivity (Wildman–Crippen MR) is 121 cm³/mol. The third kappa shape index (κ3) is 3.58. The fraction of sp³-hybridized carbons (Fsp3) is 0.375. The van der Waals surface area contributed by atoms with Crippen LogP contribution in [-0.2, 0) is 19.6 Å². The predicted octanol–water partition coefficient (Wildman–Crippen LogP) is 4.02. The second-order valence-electron chi connectivity index (χ2n) is 8.19. The molecule has 0 saturated heterocycles. The Kier molecular flexibility index (Phi) is 5.57. The Bertz CT molecular complexity index is 1310. The van der Waals surface area contributed by atoms with E-state index in [1.54, 1.807) is 4.57 Å². The van der Waals surface area contributed by atoms with Gasteiger partial charge in [-0.05, 0) is 43.0 Å². The number of fused-ring (bicyclic) bond motifs is 2. The molecule has 156 valence electrons. The third-order valence-corrected chi connectivity index (χ3v) is 5.57. The molecule has 0 amide bonds. The maximum Gasteiger partial charge on any atom is 0.329 e. The second-order valence-corrected chi connectivity index (χ2v) is 8.19. The van der Waals surface area contributed by atoms with Crippen LogP contribution < -0.4 is 11.2 Å². The summed E-state index contributed by atoms with van der Waals surface area (Å²) in [7, 11) is 0. The van der Waals surface area contributed by atoms with Gasteiger partial charge in [-0.1, -0.05) is 45.0 Å². The van der Waals surface area contributed by atoms with Crippen LogP contribution in [0.1, 0.15) is 39.4 Å². The Morgan fingerprint density at radius 2 is 1.47 bits per heavy atom. The third-order valence-electron chi connectivity index (χ3n) is 5.57. The van der Waals surface area contributed by atoms with Gasteiger partial charge in [0.1, 0.15) is 5.82 Å². The van der Waals surface area contributed by atoms with Crippen molar-refractivity contribution in [1.82, 2.24) is 18.7 Å². The molecule has 0 spiro atoms. The van der Waals surface area contributed by atoms with Gasteiger partial charge in [0, 0.05) is 13.1 Å². The van der Waals surface area contributed by atoms with Crippen molar-refractivity contribution in [2.45, 2.75) is 53.2 Å². The van der Waals surface area contributed by atoms with E-state index < -0.39 is 0 Å².